The molecule has 0 spiro atoms. The molecule has 1 N–H and O–H groups in total. The summed E-state index contributed by atoms with van der Waals surface area (Å²) in [7, 11) is -3.97. The number of aryl methyl sites for hydroxylation is 1. The number of nitrogens with one attached hydrogen (secondary N) is 1. The fourth-order valence-corrected chi connectivity index (χ4v) is 4.03. The van der Waals surface area contributed by atoms with Crippen LogP contribution in [-0.2, 0) is 20.2 Å². The summed E-state index contributed by atoms with van der Waals surface area (Å²) in [6.07, 6.45) is 0. The first-order chi connectivity index (χ1) is 12.8. The molecular weight excluding hydrogens is 358 g/mol. The van der Waals surface area contributed by atoms with Gasteiger partial charge in [-0.15, -0.1) is 0 Å². The van der Waals surface area contributed by atoms with Gasteiger partial charge < -0.3 is 0 Å². The molecule has 4 nitrogen and oxygen atoms in total. The van der Waals surface area contributed by atoms with E-state index in [2.05, 4.69) is 4.72 Å². The normalized spacial score (nSPS) is 11.8. The van der Waals surface area contributed by atoms with Crippen LogP contribution in [0, 0.1) is 6.92 Å². The summed E-state index contributed by atoms with van der Waals surface area (Å²) in [6.45, 7) is 3.61. The minimum Gasteiger partial charge on any atom is -0.273 e. The second-order valence-corrected chi connectivity index (χ2v) is 8.29. The first-order valence-electron chi connectivity index (χ1n) is 8.59. The van der Waals surface area contributed by atoms with Gasteiger partial charge in [0.25, 0.3) is 10.0 Å². The smallest absolute Gasteiger partial charge is 0.264 e. The van der Waals surface area contributed by atoms with Gasteiger partial charge in [0.05, 0.1) is 10.3 Å². The lowest BCUT2D eigenvalue weighted by Gasteiger charge is -2.29. The number of hydrogen-bond acceptors (Lipinski definition) is 3. The lowest BCUT2D eigenvalue weighted by atomic mass is 9.75. The van der Waals surface area contributed by atoms with Crippen LogP contribution in [0.25, 0.3) is 0 Å². The van der Waals surface area contributed by atoms with E-state index in [-0.39, 0.29) is 4.90 Å². The van der Waals surface area contributed by atoms with Gasteiger partial charge in [-0.2, -0.15) is 0 Å². The topological polar surface area (TPSA) is 63.2 Å². The standard InChI is InChI=1S/C22H21NO3S/c1-17-13-15-20(16-14-17)27(25,26)23-21(24)22(2,18-9-5-3-6-10-18)19-11-7-4-8-12-19/h3-16H,1-2H3,(H,23,24). The van der Waals surface area contributed by atoms with E-state index in [9.17, 15) is 13.2 Å². The molecule has 1 amide bonds. The minimum absolute atomic E-state index is 0.0601. The molecule has 0 saturated carbocycles. The third-order valence-corrected chi connectivity index (χ3v) is 6.06. The summed E-state index contributed by atoms with van der Waals surface area (Å²) >= 11 is 0. The van der Waals surface area contributed by atoms with Gasteiger partial charge in [-0.3, -0.25) is 4.79 Å². The number of carbonyl (C=O) groups excluding carboxylic acids is 1. The summed E-state index contributed by atoms with van der Waals surface area (Å²) < 4.78 is 27.7. The van der Waals surface area contributed by atoms with Crippen molar-refractivity contribution in [1.29, 1.82) is 0 Å². The second-order valence-electron chi connectivity index (χ2n) is 6.60. The fourth-order valence-electron chi connectivity index (χ4n) is 2.97. The highest BCUT2D eigenvalue weighted by molar-refractivity contribution is 7.90. The van der Waals surface area contributed by atoms with E-state index in [1.165, 1.54) is 12.1 Å². The van der Waals surface area contributed by atoms with Crippen LogP contribution in [0.4, 0.5) is 0 Å². The van der Waals surface area contributed by atoms with Crippen LogP contribution in [-0.4, -0.2) is 14.3 Å². The third-order valence-electron chi connectivity index (χ3n) is 4.71. The van der Waals surface area contributed by atoms with Gasteiger partial charge >= 0.3 is 0 Å². The van der Waals surface area contributed by atoms with Gasteiger partial charge in [0, 0.05) is 0 Å². The van der Waals surface area contributed by atoms with Crippen LogP contribution in [0.5, 0.6) is 0 Å². The molecule has 0 aliphatic rings. The van der Waals surface area contributed by atoms with Crippen molar-refractivity contribution in [2.24, 2.45) is 0 Å². The first-order valence-corrected chi connectivity index (χ1v) is 10.1. The Balaban J connectivity index is 2.03. The Kier molecular flexibility index (Phi) is 5.15. The summed E-state index contributed by atoms with van der Waals surface area (Å²) in [5.41, 5.74) is 1.22. The molecule has 3 aromatic rings. The molecule has 3 aromatic carbocycles. The van der Waals surface area contributed by atoms with Crippen molar-refractivity contribution < 1.29 is 13.2 Å². The van der Waals surface area contributed by atoms with Crippen LogP contribution < -0.4 is 4.72 Å². The maximum atomic E-state index is 13.2. The Morgan fingerprint density at radius 2 is 1.22 bits per heavy atom. The molecule has 0 atom stereocenters. The lowest BCUT2D eigenvalue weighted by molar-refractivity contribution is -0.123. The Hall–Kier alpha value is -2.92. The van der Waals surface area contributed by atoms with Gasteiger partial charge in [-0.25, -0.2) is 13.1 Å². The number of benzene rings is 3. The monoisotopic (exact) mass is 379 g/mol. The van der Waals surface area contributed by atoms with Crippen molar-refractivity contribution in [3.05, 3.63) is 102 Å². The SMILES string of the molecule is Cc1ccc(S(=O)(=O)NC(=O)C(C)(c2ccccc2)c2ccccc2)cc1. The molecule has 0 unspecified atom stereocenters. The molecule has 27 heavy (non-hydrogen) atoms. The summed E-state index contributed by atoms with van der Waals surface area (Å²) in [6, 6.07) is 24.7. The number of amides is 1. The van der Waals surface area contributed by atoms with Crippen LogP contribution in [0.3, 0.4) is 0 Å². The van der Waals surface area contributed by atoms with Crippen molar-refractivity contribution in [2.75, 3.05) is 0 Å². The number of sulfonamides is 1. The second kappa shape index (κ2) is 7.37. The molecule has 0 radical (unpaired) electrons. The zero-order chi connectivity index (χ0) is 19.5. The van der Waals surface area contributed by atoms with E-state index < -0.39 is 21.3 Å². The Morgan fingerprint density at radius 1 is 0.778 bits per heavy atom. The van der Waals surface area contributed by atoms with Gasteiger partial charge in [0.1, 0.15) is 0 Å². The van der Waals surface area contributed by atoms with E-state index >= 15 is 0 Å². The van der Waals surface area contributed by atoms with E-state index in [1.807, 2.05) is 67.6 Å². The molecule has 3 rings (SSSR count). The molecular formula is C22H21NO3S. The summed E-state index contributed by atoms with van der Waals surface area (Å²) in [5.74, 6) is -0.597. The molecule has 0 aliphatic heterocycles. The summed E-state index contributed by atoms with van der Waals surface area (Å²) in [4.78, 5) is 13.3. The Bertz CT molecular complexity index is 988. The van der Waals surface area contributed by atoms with E-state index in [0.717, 1.165) is 5.56 Å². The van der Waals surface area contributed by atoms with E-state index in [0.29, 0.717) is 11.1 Å². The highest BCUT2D eigenvalue weighted by atomic mass is 32.2. The average Bonchev–Trinajstić information content (AvgIpc) is 2.68. The highest BCUT2D eigenvalue weighted by Crippen LogP contribution is 2.32. The predicted octanol–water partition coefficient (Wildman–Crippen LogP) is 3.81. The number of hydrogen-bond donors (Lipinski definition) is 1. The molecule has 138 valence electrons. The zero-order valence-electron chi connectivity index (χ0n) is 15.2. The van der Waals surface area contributed by atoms with Crippen molar-refractivity contribution >= 4 is 15.9 Å². The zero-order valence-corrected chi connectivity index (χ0v) is 16.0. The third kappa shape index (κ3) is 3.78. The molecule has 0 saturated heterocycles. The van der Waals surface area contributed by atoms with Gasteiger partial charge in [0.2, 0.25) is 5.91 Å². The van der Waals surface area contributed by atoms with Crippen LogP contribution >= 0.6 is 0 Å². The van der Waals surface area contributed by atoms with Crippen molar-refractivity contribution in [1.82, 2.24) is 4.72 Å². The number of rotatable bonds is 5. The van der Waals surface area contributed by atoms with Crippen molar-refractivity contribution in [3.63, 3.8) is 0 Å². The molecule has 0 aromatic heterocycles. The molecule has 0 bridgehead atoms. The van der Waals surface area contributed by atoms with Crippen molar-refractivity contribution in [2.45, 2.75) is 24.2 Å². The van der Waals surface area contributed by atoms with Crippen molar-refractivity contribution in [3.8, 4) is 0 Å². The highest BCUT2D eigenvalue weighted by Gasteiger charge is 2.39. The van der Waals surface area contributed by atoms with Crippen LogP contribution in [0.15, 0.2) is 89.8 Å². The summed E-state index contributed by atoms with van der Waals surface area (Å²) in [5, 5.41) is 0. The Morgan fingerprint density at radius 3 is 1.67 bits per heavy atom. The molecule has 5 heteroatoms. The maximum absolute atomic E-state index is 13.2. The molecule has 0 aliphatic carbocycles. The number of carbonyl (C=O) groups is 1. The quantitative estimate of drug-likeness (QED) is 0.733. The van der Waals surface area contributed by atoms with Gasteiger partial charge in [-0.05, 0) is 37.1 Å². The minimum atomic E-state index is -3.97. The van der Waals surface area contributed by atoms with E-state index in [1.54, 1.807) is 19.1 Å². The van der Waals surface area contributed by atoms with E-state index in [4.69, 9.17) is 0 Å². The molecule has 0 heterocycles. The fraction of sp³-hybridized carbons (Fsp3) is 0.136. The first kappa shape index (κ1) is 18.9. The van der Waals surface area contributed by atoms with Crippen LogP contribution in [0.1, 0.15) is 23.6 Å². The Labute approximate surface area is 159 Å². The predicted molar refractivity (Wildman–Crippen MR) is 106 cm³/mol. The van der Waals surface area contributed by atoms with Gasteiger partial charge in [-0.1, -0.05) is 78.4 Å². The average molecular weight is 379 g/mol. The largest absolute Gasteiger partial charge is 0.273 e. The maximum Gasteiger partial charge on any atom is 0.264 e. The van der Waals surface area contributed by atoms with Gasteiger partial charge in [0.15, 0.2) is 0 Å². The van der Waals surface area contributed by atoms with Crippen LogP contribution in [0.2, 0.25) is 0 Å². The molecule has 0 fully saturated rings. The lowest BCUT2D eigenvalue weighted by Crippen LogP contribution is -2.45.